The second kappa shape index (κ2) is 13.9. The Morgan fingerprint density at radius 1 is 0.791 bits per heavy atom. The Morgan fingerprint density at radius 3 is 2.23 bits per heavy atom. The van der Waals surface area contributed by atoms with Crippen LogP contribution in [0.5, 0.6) is 0 Å². The van der Waals surface area contributed by atoms with Crippen molar-refractivity contribution in [1.82, 2.24) is 15.3 Å². The normalized spacial score (nSPS) is 24.9. The minimum absolute atomic E-state index is 0.281. The molecule has 2 fully saturated rings. The summed E-state index contributed by atoms with van der Waals surface area (Å²) in [7, 11) is 4.08. The number of para-hydroxylation sites is 1. The maximum Gasteiger partial charge on any atom is 0.225 e. The number of aliphatic hydroxyl groups excluding tert-OH is 1. The number of aliphatic hydroxyl groups is 1. The topological polar surface area (TPSA) is 73.3 Å². The Balaban J connectivity index is 1.03. The van der Waals surface area contributed by atoms with Gasteiger partial charge in [-0.2, -0.15) is 4.98 Å². The third kappa shape index (κ3) is 7.19. The molecule has 0 aliphatic heterocycles. The maximum atomic E-state index is 11.4. The summed E-state index contributed by atoms with van der Waals surface area (Å²) < 4.78 is 0. The standard InChI is InChI=1S/C37H47N5O/c1-42(2)36-33-15-9-10-16-34(33)40-37(41-36)39-31-20-17-26(18-21-31)24-38-25-30-23-29(27-11-5-3-6-12-27)19-22-32(30)35(43)28-13-7-4-8-14-28/h3-16,26,29-32,35,38,43H,17-25H2,1-2H3,(H,39,40,41)/t26?,29-,30-,31?,32+,35?/m0/s1. The predicted molar refractivity (Wildman–Crippen MR) is 178 cm³/mol. The minimum atomic E-state index is -0.406. The van der Waals surface area contributed by atoms with Crippen molar-refractivity contribution in [1.29, 1.82) is 0 Å². The van der Waals surface area contributed by atoms with Gasteiger partial charge < -0.3 is 20.6 Å². The zero-order valence-corrected chi connectivity index (χ0v) is 25.7. The van der Waals surface area contributed by atoms with Crippen LogP contribution >= 0.6 is 0 Å². The van der Waals surface area contributed by atoms with E-state index < -0.39 is 6.10 Å². The number of hydrogen-bond donors (Lipinski definition) is 3. The SMILES string of the molecule is CN(C)c1nc(NC2CCC(CNC[C@@H]3C[C@@H](c4ccccc4)CC[C@H]3C(O)c3ccccc3)CC2)nc2ccccc12. The van der Waals surface area contributed by atoms with Gasteiger partial charge in [0.1, 0.15) is 5.82 Å². The molecule has 1 heterocycles. The van der Waals surface area contributed by atoms with Crippen molar-refractivity contribution in [3.8, 4) is 0 Å². The fourth-order valence-electron chi connectivity index (χ4n) is 7.49. The van der Waals surface area contributed by atoms with Crippen molar-refractivity contribution < 1.29 is 5.11 Å². The number of nitrogens with one attached hydrogen (secondary N) is 2. The van der Waals surface area contributed by atoms with E-state index in [-0.39, 0.29) is 5.92 Å². The molecule has 43 heavy (non-hydrogen) atoms. The molecule has 0 bridgehead atoms. The van der Waals surface area contributed by atoms with Crippen LogP contribution in [0.3, 0.4) is 0 Å². The van der Waals surface area contributed by atoms with Crippen molar-refractivity contribution >= 4 is 22.7 Å². The lowest BCUT2D eigenvalue weighted by Gasteiger charge is -2.39. The Kier molecular flexibility index (Phi) is 9.55. The summed E-state index contributed by atoms with van der Waals surface area (Å²) in [5, 5.41) is 20.0. The molecule has 4 atom stereocenters. The molecule has 6 rings (SSSR count). The lowest BCUT2D eigenvalue weighted by Crippen LogP contribution is -2.38. The van der Waals surface area contributed by atoms with E-state index in [1.807, 2.05) is 44.4 Å². The molecule has 2 aliphatic carbocycles. The number of nitrogens with zero attached hydrogens (tertiary/aromatic N) is 3. The molecule has 1 unspecified atom stereocenters. The number of anilines is 2. The lowest BCUT2D eigenvalue weighted by atomic mass is 9.69. The summed E-state index contributed by atoms with van der Waals surface area (Å²) >= 11 is 0. The molecule has 3 N–H and O–H groups in total. The summed E-state index contributed by atoms with van der Waals surface area (Å²) in [6, 6.07) is 29.9. The van der Waals surface area contributed by atoms with E-state index in [9.17, 15) is 5.11 Å². The highest BCUT2D eigenvalue weighted by Crippen LogP contribution is 2.44. The van der Waals surface area contributed by atoms with Crippen molar-refractivity contribution in [3.05, 3.63) is 96.1 Å². The number of rotatable bonds is 10. The summed E-state index contributed by atoms with van der Waals surface area (Å²) in [5.74, 6) is 3.67. The monoisotopic (exact) mass is 577 g/mol. The van der Waals surface area contributed by atoms with Gasteiger partial charge in [-0.05, 0) is 105 Å². The third-order valence-corrected chi connectivity index (χ3v) is 9.89. The van der Waals surface area contributed by atoms with E-state index in [1.54, 1.807) is 0 Å². The van der Waals surface area contributed by atoms with Crippen LogP contribution in [0, 0.1) is 17.8 Å². The number of aromatic nitrogens is 2. The van der Waals surface area contributed by atoms with Crippen LogP contribution in [-0.4, -0.2) is 48.3 Å². The molecule has 6 nitrogen and oxygen atoms in total. The number of fused-ring (bicyclic) bond motifs is 1. The van der Waals surface area contributed by atoms with Gasteiger partial charge in [-0.15, -0.1) is 0 Å². The second-order valence-electron chi connectivity index (χ2n) is 13.0. The molecule has 1 aromatic heterocycles. The van der Waals surface area contributed by atoms with Gasteiger partial charge in [0.25, 0.3) is 0 Å². The van der Waals surface area contributed by atoms with E-state index in [0.29, 0.717) is 23.8 Å². The van der Waals surface area contributed by atoms with Crippen molar-refractivity contribution in [2.45, 2.75) is 63.0 Å². The fraction of sp³-hybridized carbons (Fsp3) is 0.459. The van der Waals surface area contributed by atoms with E-state index in [4.69, 9.17) is 9.97 Å². The van der Waals surface area contributed by atoms with Crippen LogP contribution in [0.15, 0.2) is 84.9 Å². The van der Waals surface area contributed by atoms with Crippen molar-refractivity contribution in [2.75, 3.05) is 37.4 Å². The van der Waals surface area contributed by atoms with Crippen LogP contribution in [0.2, 0.25) is 0 Å². The minimum Gasteiger partial charge on any atom is -0.388 e. The molecule has 2 saturated carbocycles. The third-order valence-electron chi connectivity index (χ3n) is 9.89. The van der Waals surface area contributed by atoms with Gasteiger partial charge in [0, 0.05) is 25.5 Å². The number of benzene rings is 3. The van der Waals surface area contributed by atoms with Gasteiger partial charge in [0.2, 0.25) is 5.95 Å². The number of hydrogen-bond acceptors (Lipinski definition) is 6. The Hall–Kier alpha value is -3.48. The molecule has 0 saturated heterocycles. The van der Waals surface area contributed by atoms with Gasteiger partial charge in [0.15, 0.2) is 0 Å². The summed E-state index contributed by atoms with van der Waals surface area (Å²) in [5.41, 5.74) is 3.48. The Labute approximate surface area is 257 Å². The quantitative estimate of drug-likeness (QED) is 0.185. The molecule has 2 aliphatic rings. The van der Waals surface area contributed by atoms with Crippen LogP contribution < -0.4 is 15.5 Å². The molecular formula is C37H47N5O. The summed E-state index contributed by atoms with van der Waals surface area (Å²) in [6.07, 6.45) is 7.59. The summed E-state index contributed by atoms with van der Waals surface area (Å²) in [6.45, 7) is 2.01. The first-order chi connectivity index (χ1) is 21.0. The Morgan fingerprint density at radius 2 is 1.49 bits per heavy atom. The molecule has 3 aromatic carbocycles. The van der Waals surface area contributed by atoms with Crippen molar-refractivity contribution in [3.63, 3.8) is 0 Å². The zero-order valence-electron chi connectivity index (χ0n) is 25.7. The van der Waals surface area contributed by atoms with Crippen LogP contribution in [0.25, 0.3) is 10.9 Å². The molecule has 0 spiro atoms. The van der Waals surface area contributed by atoms with E-state index >= 15 is 0 Å². The van der Waals surface area contributed by atoms with Gasteiger partial charge in [0.05, 0.1) is 11.6 Å². The van der Waals surface area contributed by atoms with Gasteiger partial charge in [-0.1, -0.05) is 72.8 Å². The van der Waals surface area contributed by atoms with Gasteiger partial charge in [-0.25, -0.2) is 4.98 Å². The van der Waals surface area contributed by atoms with E-state index in [2.05, 4.69) is 70.1 Å². The molecule has 6 heteroatoms. The maximum absolute atomic E-state index is 11.4. The zero-order chi connectivity index (χ0) is 29.6. The average molecular weight is 578 g/mol. The smallest absolute Gasteiger partial charge is 0.225 e. The molecule has 0 radical (unpaired) electrons. The highest BCUT2D eigenvalue weighted by molar-refractivity contribution is 5.90. The average Bonchev–Trinajstić information content (AvgIpc) is 3.05. The van der Waals surface area contributed by atoms with Crippen LogP contribution in [-0.2, 0) is 0 Å². The highest BCUT2D eigenvalue weighted by Gasteiger charge is 2.36. The molecule has 0 amide bonds. The first kappa shape index (κ1) is 29.6. The van der Waals surface area contributed by atoms with E-state index in [1.165, 1.54) is 18.4 Å². The lowest BCUT2D eigenvalue weighted by molar-refractivity contribution is 0.0407. The molecule has 226 valence electrons. The summed E-state index contributed by atoms with van der Waals surface area (Å²) in [4.78, 5) is 11.7. The van der Waals surface area contributed by atoms with Crippen LogP contribution in [0.4, 0.5) is 11.8 Å². The van der Waals surface area contributed by atoms with Gasteiger partial charge >= 0.3 is 0 Å². The second-order valence-corrected chi connectivity index (χ2v) is 13.0. The van der Waals surface area contributed by atoms with Gasteiger partial charge in [-0.3, -0.25) is 0 Å². The molecule has 4 aromatic rings. The Bertz CT molecular complexity index is 1440. The van der Waals surface area contributed by atoms with Crippen molar-refractivity contribution in [2.24, 2.45) is 17.8 Å². The molecular weight excluding hydrogens is 530 g/mol. The van der Waals surface area contributed by atoms with E-state index in [0.717, 1.165) is 73.4 Å². The predicted octanol–water partition coefficient (Wildman–Crippen LogP) is 7.19. The van der Waals surface area contributed by atoms with Crippen LogP contribution in [0.1, 0.15) is 68.1 Å². The highest BCUT2D eigenvalue weighted by atomic mass is 16.3. The largest absolute Gasteiger partial charge is 0.388 e. The first-order valence-electron chi connectivity index (χ1n) is 16.2. The fourth-order valence-corrected chi connectivity index (χ4v) is 7.49. The first-order valence-corrected chi connectivity index (χ1v) is 16.2.